The number of nitrogens with one attached hydrogen (secondary N) is 2. The Bertz CT molecular complexity index is 1220. The van der Waals surface area contributed by atoms with Crippen LogP contribution >= 0.6 is 0 Å². The van der Waals surface area contributed by atoms with E-state index in [1.54, 1.807) is 19.1 Å². The summed E-state index contributed by atoms with van der Waals surface area (Å²) in [5.41, 5.74) is 5.63. The van der Waals surface area contributed by atoms with Gasteiger partial charge in [0.05, 0.1) is 11.4 Å². The number of aromatic amines is 1. The molecule has 0 saturated carbocycles. The normalized spacial score (nSPS) is 11.6. The smallest absolute Gasteiger partial charge is 0.330 e. The maximum Gasteiger partial charge on any atom is 0.330 e. The summed E-state index contributed by atoms with van der Waals surface area (Å²) in [7, 11) is 0.679. The summed E-state index contributed by atoms with van der Waals surface area (Å²) in [4.78, 5) is 40.6. The van der Waals surface area contributed by atoms with Crippen molar-refractivity contribution in [3.05, 3.63) is 44.6 Å². The van der Waals surface area contributed by atoms with Crippen molar-refractivity contribution in [1.29, 1.82) is 0 Å². The van der Waals surface area contributed by atoms with Gasteiger partial charge in [-0.25, -0.2) is 17.5 Å². The Hall–Kier alpha value is -3.12. The van der Waals surface area contributed by atoms with Gasteiger partial charge >= 0.3 is 5.69 Å². The van der Waals surface area contributed by atoms with Crippen LogP contribution in [0.4, 0.5) is 17.2 Å². The number of carbonyl (C=O) groups excluding carboxylic acids is 1. The molecule has 1 aromatic carbocycles. The molecule has 0 atom stereocenters. The third-order valence-electron chi connectivity index (χ3n) is 4.94. The number of H-pyrrole nitrogens is 1. The van der Waals surface area contributed by atoms with E-state index in [0.29, 0.717) is 24.2 Å². The summed E-state index contributed by atoms with van der Waals surface area (Å²) < 4.78 is 27.3. The molecule has 11 nitrogen and oxygen atoms in total. The fraction of sp³-hybridized carbons (Fsp3) is 0.450. The van der Waals surface area contributed by atoms with Crippen LogP contribution in [0.1, 0.15) is 25.3 Å². The minimum Gasteiger partial charge on any atom is -0.383 e. The Morgan fingerprint density at radius 1 is 1.22 bits per heavy atom. The van der Waals surface area contributed by atoms with Crippen LogP contribution in [-0.4, -0.2) is 55.9 Å². The lowest BCUT2D eigenvalue weighted by Crippen LogP contribution is -2.39. The minimum atomic E-state index is -3.68. The second-order valence-electron chi connectivity index (χ2n) is 7.67. The molecule has 0 aliphatic rings. The standard InChI is InChI=1S/C20H30N6O5S/c1-6-7-10-26-18(21)17(19(28)23-20(26)29)25(5)12-16(27)22-14-9-8-13(2)15(11-14)32(30,31)24(3)4/h8-9,11H,6-7,10,12,21H2,1-5H3,(H,22,27)(H,23,28,29). The number of anilines is 3. The van der Waals surface area contributed by atoms with Crippen molar-refractivity contribution in [3.63, 3.8) is 0 Å². The zero-order chi connectivity index (χ0) is 24.2. The number of carbonyl (C=O) groups is 1. The van der Waals surface area contributed by atoms with Gasteiger partial charge in [-0.05, 0) is 31.0 Å². The van der Waals surface area contributed by atoms with E-state index in [9.17, 15) is 22.8 Å². The van der Waals surface area contributed by atoms with E-state index in [0.717, 1.165) is 10.7 Å². The molecule has 2 rings (SSSR count). The highest BCUT2D eigenvalue weighted by Gasteiger charge is 2.21. The molecule has 32 heavy (non-hydrogen) atoms. The van der Waals surface area contributed by atoms with E-state index in [1.807, 2.05) is 6.92 Å². The van der Waals surface area contributed by atoms with Crippen molar-refractivity contribution in [2.45, 2.75) is 38.1 Å². The number of aryl methyl sites for hydroxylation is 1. The van der Waals surface area contributed by atoms with E-state index in [2.05, 4.69) is 10.3 Å². The first kappa shape index (κ1) is 25.1. The molecule has 0 unspecified atom stereocenters. The van der Waals surface area contributed by atoms with Gasteiger partial charge in [0.1, 0.15) is 11.5 Å². The average Bonchev–Trinajstić information content (AvgIpc) is 2.68. The molecule has 0 aliphatic heterocycles. The average molecular weight is 467 g/mol. The van der Waals surface area contributed by atoms with Gasteiger partial charge in [-0.2, -0.15) is 0 Å². The van der Waals surface area contributed by atoms with Crippen LogP contribution in [-0.2, 0) is 21.4 Å². The van der Waals surface area contributed by atoms with Crippen molar-refractivity contribution >= 4 is 33.1 Å². The van der Waals surface area contributed by atoms with Crippen LogP contribution in [0.3, 0.4) is 0 Å². The van der Waals surface area contributed by atoms with Crippen molar-refractivity contribution in [2.24, 2.45) is 0 Å². The van der Waals surface area contributed by atoms with E-state index in [1.165, 1.54) is 36.7 Å². The Morgan fingerprint density at radius 3 is 2.47 bits per heavy atom. The van der Waals surface area contributed by atoms with Crippen LogP contribution in [0.5, 0.6) is 0 Å². The number of unbranched alkanes of at least 4 members (excludes halogenated alkanes) is 1. The number of nitrogens with two attached hydrogens (primary N) is 1. The number of nitrogen functional groups attached to an aromatic ring is 1. The summed E-state index contributed by atoms with van der Waals surface area (Å²) in [5.74, 6) is -0.508. The quantitative estimate of drug-likeness (QED) is 0.488. The predicted molar refractivity (Wildman–Crippen MR) is 125 cm³/mol. The van der Waals surface area contributed by atoms with Crippen LogP contribution < -0.4 is 27.2 Å². The zero-order valence-electron chi connectivity index (χ0n) is 18.9. The first-order valence-corrected chi connectivity index (χ1v) is 11.5. The highest BCUT2D eigenvalue weighted by Crippen LogP contribution is 2.22. The maximum absolute atomic E-state index is 12.6. The van der Waals surface area contributed by atoms with E-state index in [-0.39, 0.29) is 22.9 Å². The highest BCUT2D eigenvalue weighted by molar-refractivity contribution is 7.89. The van der Waals surface area contributed by atoms with Crippen molar-refractivity contribution in [1.82, 2.24) is 13.9 Å². The third kappa shape index (κ3) is 5.37. The van der Waals surface area contributed by atoms with Gasteiger partial charge in [-0.15, -0.1) is 0 Å². The van der Waals surface area contributed by atoms with Crippen LogP contribution in [0.25, 0.3) is 0 Å². The molecule has 1 amide bonds. The first-order valence-electron chi connectivity index (χ1n) is 10.1. The van der Waals surface area contributed by atoms with Gasteiger partial charge in [0.2, 0.25) is 15.9 Å². The van der Waals surface area contributed by atoms with Crippen molar-refractivity contribution in [2.75, 3.05) is 43.6 Å². The largest absolute Gasteiger partial charge is 0.383 e. The van der Waals surface area contributed by atoms with E-state index < -0.39 is 27.2 Å². The molecule has 1 aromatic heterocycles. The van der Waals surface area contributed by atoms with E-state index >= 15 is 0 Å². The van der Waals surface area contributed by atoms with Gasteiger partial charge in [0, 0.05) is 33.4 Å². The lowest BCUT2D eigenvalue weighted by atomic mass is 10.2. The molecule has 0 spiro atoms. The summed E-state index contributed by atoms with van der Waals surface area (Å²) in [6.07, 6.45) is 1.53. The van der Waals surface area contributed by atoms with Crippen LogP contribution in [0.15, 0.2) is 32.7 Å². The minimum absolute atomic E-state index is 0.00985. The van der Waals surface area contributed by atoms with Gasteiger partial charge in [0.15, 0.2) is 0 Å². The Kier molecular flexibility index (Phi) is 7.86. The van der Waals surface area contributed by atoms with Crippen LogP contribution in [0, 0.1) is 6.92 Å². The van der Waals surface area contributed by atoms with Gasteiger partial charge < -0.3 is 16.0 Å². The second kappa shape index (κ2) is 10.0. The van der Waals surface area contributed by atoms with Crippen molar-refractivity contribution < 1.29 is 13.2 Å². The van der Waals surface area contributed by atoms with Gasteiger partial charge in [-0.3, -0.25) is 19.1 Å². The Labute approximate surface area is 186 Å². The number of aromatic nitrogens is 2. The number of hydrogen-bond acceptors (Lipinski definition) is 7. The summed E-state index contributed by atoms with van der Waals surface area (Å²) in [6, 6.07) is 4.57. The topological polar surface area (TPSA) is 151 Å². The molecule has 1 heterocycles. The highest BCUT2D eigenvalue weighted by atomic mass is 32.2. The summed E-state index contributed by atoms with van der Waals surface area (Å²) in [6.45, 7) is 3.73. The molecular weight excluding hydrogens is 436 g/mol. The molecule has 0 aliphatic carbocycles. The molecular formula is C20H30N6O5S. The number of rotatable bonds is 9. The lowest BCUT2D eigenvalue weighted by molar-refractivity contribution is -0.114. The number of sulfonamides is 1. The summed E-state index contributed by atoms with van der Waals surface area (Å²) >= 11 is 0. The van der Waals surface area contributed by atoms with Gasteiger partial charge in [0.25, 0.3) is 5.56 Å². The SMILES string of the molecule is CCCCn1c(N)c(N(C)CC(=O)Nc2ccc(C)c(S(=O)(=O)N(C)C)c2)c(=O)[nH]c1=O. The second-order valence-corrected chi connectivity index (χ2v) is 9.79. The molecule has 0 saturated heterocycles. The fourth-order valence-electron chi connectivity index (χ4n) is 3.13. The Morgan fingerprint density at radius 2 is 1.88 bits per heavy atom. The van der Waals surface area contributed by atoms with E-state index in [4.69, 9.17) is 5.73 Å². The molecule has 12 heteroatoms. The van der Waals surface area contributed by atoms with Gasteiger partial charge in [-0.1, -0.05) is 19.4 Å². The number of likely N-dealkylation sites (N-methyl/N-ethyl adjacent to an activating group) is 1. The first-order chi connectivity index (χ1) is 14.9. The molecule has 0 fully saturated rings. The number of amides is 1. The number of benzene rings is 1. The van der Waals surface area contributed by atoms with Crippen LogP contribution in [0.2, 0.25) is 0 Å². The van der Waals surface area contributed by atoms with Crippen molar-refractivity contribution in [3.8, 4) is 0 Å². The molecule has 0 bridgehead atoms. The zero-order valence-corrected chi connectivity index (χ0v) is 19.7. The number of hydrogen-bond donors (Lipinski definition) is 3. The lowest BCUT2D eigenvalue weighted by Gasteiger charge is -2.21. The fourth-order valence-corrected chi connectivity index (χ4v) is 4.28. The number of nitrogens with zero attached hydrogens (tertiary/aromatic N) is 3. The monoisotopic (exact) mass is 466 g/mol. The third-order valence-corrected chi connectivity index (χ3v) is 6.90. The predicted octanol–water partition coefficient (Wildman–Crippen LogP) is 0.553. The Balaban J connectivity index is 2.27. The molecule has 2 aromatic rings. The molecule has 176 valence electrons. The maximum atomic E-state index is 12.6. The molecule has 4 N–H and O–H groups in total. The molecule has 0 radical (unpaired) electrons. The summed E-state index contributed by atoms with van der Waals surface area (Å²) in [5, 5.41) is 2.64.